The van der Waals surface area contributed by atoms with Gasteiger partial charge in [-0.2, -0.15) is 10.1 Å². The van der Waals surface area contributed by atoms with E-state index in [9.17, 15) is 13.6 Å². The van der Waals surface area contributed by atoms with Gasteiger partial charge in [0.15, 0.2) is 10.8 Å². The maximum absolute atomic E-state index is 13.7. The zero-order valence-corrected chi connectivity index (χ0v) is 18.1. The first kappa shape index (κ1) is 20.9. The smallest absolute Gasteiger partial charge is 0.239 e. The lowest BCUT2D eigenvalue weighted by atomic mass is 10.2. The molecule has 0 aliphatic carbocycles. The fraction of sp³-hybridized carbons (Fsp3) is 0.227. The van der Waals surface area contributed by atoms with E-state index in [1.165, 1.54) is 17.4 Å². The average molecular weight is 442 g/mol. The number of anilines is 1. The van der Waals surface area contributed by atoms with Crippen LogP contribution in [0.5, 0.6) is 0 Å². The molecule has 0 aliphatic rings. The van der Waals surface area contributed by atoms with E-state index in [0.29, 0.717) is 5.13 Å². The molecule has 4 rings (SSSR count). The van der Waals surface area contributed by atoms with Gasteiger partial charge in [-0.25, -0.2) is 13.5 Å². The van der Waals surface area contributed by atoms with Gasteiger partial charge in [0.1, 0.15) is 11.6 Å². The standard InChI is InChI=1S/C22H21F2N5OS/c1-13-5-4-6-17(9-13)29-21-20(14(2)27-29)31-22(26-21)28(3)12-19(30)25-11-15-7-8-16(23)10-18(15)24/h4-10H,11-12H2,1-3H3,(H,25,30). The Morgan fingerprint density at radius 2 is 2.00 bits per heavy atom. The fourth-order valence-corrected chi connectivity index (χ4v) is 4.17. The number of carbonyl (C=O) groups excluding carboxylic acids is 1. The van der Waals surface area contributed by atoms with E-state index >= 15 is 0 Å². The maximum atomic E-state index is 13.7. The van der Waals surface area contributed by atoms with Crippen LogP contribution in [0.3, 0.4) is 0 Å². The van der Waals surface area contributed by atoms with Crippen molar-refractivity contribution in [2.75, 3.05) is 18.5 Å². The van der Waals surface area contributed by atoms with E-state index in [4.69, 9.17) is 4.98 Å². The summed E-state index contributed by atoms with van der Waals surface area (Å²) in [6, 6.07) is 11.3. The molecule has 4 aromatic rings. The number of fused-ring (bicyclic) bond motifs is 1. The van der Waals surface area contributed by atoms with Crippen LogP contribution in [0.4, 0.5) is 13.9 Å². The summed E-state index contributed by atoms with van der Waals surface area (Å²) >= 11 is 1.46. The minimum atomic E-state index is -0.684. The molecule has 1 amide bonds. The molecule has 0 fully saturated rings. The van der Waals surface area contributed by atoms with Crippen LogP contribution in [0.15, 0.2) is 42.5 Å². The number of aromatic nitrogens is 3. The molecule has 2 aromatic carbocycles. The van der Waals surface area contributed by atoms with Crippen LogP contribution in [0.2, 0.25) is 0 Å². The largest absolute Gasteiger partial charge is 0.350 e. The van der Waals surface area contributed by atoms with E-state index in [0.717, 1.165) is 39.4 Å². The van der Waals surface area contributed by atoms with Crippen LogP contribution in [-0.2, 0) is 11.3 Å². The second-order valence-corrected chi connectivity index (χ2v) is 8.33. The molecular weight excluding hydrogens is 420 g/mol. The van der Waals surface area contributed by atoms with Gasteiger partial charge in [-0.05, 0) is 37.6 Å². The third-order valence-corrected chi connectivity index (χ3v) is 6.09. The molecular formula is C22H21F2N5OS. The molecule has 0 bridgehead atoms. The summed E-state index contributed by atoms with van der Waals surface area (Å²) in [6.07, 6.45) is 0. The minimum absolute atomic E-state index is 0.0138. The van der Waals surface area contributed by atoms with Crippen LogP contribution in [-0.4, -0.2) is 34.3 Å². The third kappa shape index (κ3) is 4.41. The number of thiazole rings is 1. The predicted molar refractivity (Wildman–Crippen MR) is 118 cm³/mol. The number of likely N-dealkylation sites (N-methyl/N-ethyl adjacent to an activating group) is 1. The molecule has 1 N–H and O–H groups in total. The zero-order valence-electron chi connectivity index (χ0n) is 17.3. The molecule has 2 heterocycles. The van der Waals surface area contributed by atoms with Crippen molar-refractivity contribution < 1.29 is 13.6 Å². The summed E-state index contributed by atoms with van der Waals surface area (Å²) in [5, 5.41) is 7.94. The summed E-state index contributed by atoms with van der Waals surface area (Å²) in [7, 11) is 1.77. The molecule has 0 spiro atoms. The van der Waals surface area contributed by atoms with Gasteiger partial charge >= 0.3 is 0 Å². The van der Waals surface area contributed by atoms with Crippen LogP contribution in [0.25, 0.3) is 16.0 Å². The van der Waals surface area contributed by atoms with E-state index in [-0.39, 0.29) is 24.6 Å². The van der Waals surface area contributed by atoms with Gasteiger partial charge in [0, 0.05) is 25.2 Å². The van der Waals surface area contributed by atoms with Gasteiger partial charge in [0.25, 0.3) is 0 Å². The van der Waals surface area contributed by atoms with Gasteiger partial charge in [-0.1, -0.05) is 29.5 Å². The van der Waals surface area contributed by atoms with Gasteiger partial charge < -0.3 is 10.2 Å². The number of nitrogens with one attached hydrogen (secondary N) is 1. The lowest BCUT2D eigenvalue weighted by molar-refractivity contribution is -0.119. The predicted octanol–water partition coefficient (Wildman–Crippen LogP) is 4.13. The Balaban J connectivity index is 1.48. The number of aryl methyl sites for hydroxylation is 2. The van der Waals surface area contributed by atoms with E-state index in [1.807, 2.05) is 42.8 Å². The van der Waals surface area contributed by atoms with Crippen LogP contribution < -0.4 is 10.2 Å². The Bertz CT molecular complexity index is 1270. The first-order chi connectivity index (χ1) is 14.8. The second-order valence-electron chi connectivity index (χ2n) is 7.35. The number of halogens is 2. The van der Waals surface area contributed by atoms with E-state index < -0.39 is 11.6 Å². The van der Waals surface area contributed by atoms with Gasteiger partial charge in [-0.3, -0.25) is 4.79 Å². The quantitative estimate of drug-likeness (QED) is 0.489. The van der Waals surface area contributed by atoms with Crippen LogP contribution in [0.1, 0.15) is 16.8 Å². The molecule has 2 aromatic heterocycles. The van der Waals surface area contributed by atoms with Gasteiger partial charge in [0.2, 0.25) is 5.91 Å². The van der Waals surface area contributed by atoms with Crippen molar-refractivity contribution in [3.8, 4) is 5.69 Å². The van der Waals surface area contributed by atoms with Crippen molar-refractivity contribution in [1.29, 1.82) is 0 Å². The SMILES string of the molecule is Cc1cccc(-n2nc(C)c3sc(N(C)CC(=O)NCc4ccc(F)cc4F)nc32)c1. The highest BCUT2D eigenvalue weighted by Gasteiger charge is 2.18. The Labute approximate surface area is 182 Å². The highest BCUT2D eigenvalue weighted by atomic mass is 32.1. The van der Waals surface area contributed by atoms with Crippen molar-refractivity contribution in [2.45, 2.75) is 20.4 Å². The van der Waals surface area contributed by atoms with E-state index in [2.05, 4.69) is 10.4 Å². The van der Waals surface area contributed by atoms with Crippen molar-refractivity contribution in [2.24, 2.45) is 0 Å². The number of hydrogen-bond donors (Lipinski definition) is 1. The molecule has 0 unspecified atom stereocenters. The minimum Gasteiger partial charge on any atom is -0.350 e. The number of nitrogens with zero attached hydrogens (tertiary/aromatic N) is 4. The summed E-state index contributed by atoms with van der Waals surface area (Å²) in [4.78, 5) is 18.8. The molecule has 0 aliphatic heterocycles. The lowest BCUT2D eigenvalue weighted by Gasteiger charge is -2.15. The lowest BCUT2D eigenvalue weighted by Crippen LogP contribution is -2.35. The first-order valence-electron chi connectivity index (χ1n) is 9.67. The Morgan fingerprint density at radius 3 is 2.74 bits per heavy atom. The maximum Gasteiger partial charge on any atom is 0.239 e. The second kappa shape index (κ2) is 8.43. The van der Waals surface area contributed by atoms with Crippen LogP contribution >= 0.6 is 11.3 Å². The molecule has 0 saturated heterocycles. The van der Waals surface area contributed by atoms with Crippen LogP contribution in [0, 0.1) is 25.5 Å². The average Bonchev–Trinajstić information content (AvgIpc) is 3.28. The Kier molecular flexibility index (Phi) is 5.69. The fourth-order valence-electron chi connectivity index (χ4n) is 3.22. The molecule has 0 radical (unpaired) electrons. The molecule has 0 atom stereocenters. The zero-order chi connectivity index (χ0) is 22.1. The van der Waals surface area contributed by atoms with E-state index in [1.54, 1.807) is 11.9 Å². The monoisotopic (exact) mass is 441 g/mol. The molecule has 31 heavy (non-hydrogen) atoms. The number of rotatable bonds is 6. The van der Waals surface area contributed by atoms with Gasteiger partial charge in [-0.15, -0.1) is 0 Å². The topological polar surface area (TPSA) is 63.1 Å². The molecule has 6 nitrogen and oxygen atoms in total. The number of amides is 1. The van der Waals surface area contributed by atoms with Crippen molar-refractivity contribution >= 4 is 32.7 Å². The summed E-state index contributed by atoms with van der Waals surface area (Å²) in [5.74, 6) is -1.62. The Morgan fingerprint density at radius 1 is 1.19 bits per heavy atom. The van der Waals surface area contributed by atoms with Gasteiger partial charge in [0.05, 0.1) is 22.6 Å². The number of hydrogen-bond acceptors (Lipinski definition) is 5. The molecule has 160 valence electrons. The van der Waals surface area contributed by atoms with Crippen molar-refractivity contribution in [3.63, 3.8) is 0 Å². The Hall–Kier alpha value is -3.33. The van der Waals surface area contributed by atoms with Crippen molar-refractivity contribution in [3.05, 3.63) is 70.9 Å². The normalized spacial score (nSPS) is 11.1. The summed E-state index contributed by atoms with van der Waals surface area (Å²) < 4.78 is 29.5. The molecule has 9 heteroatoms. The highest BCUT2D eigenvalue weighted by molar-refractivity contribution is 7.22. The van der Waals surface area contributed by atoms with Crippen molar-refractivity contribution in [1.82, 2.24) is 20.1 Å². The first-order valence-corrected chi connectivity index (χ1v) is 10.5. The molecule has 0 saturated carbocycles. The summed E-state index contributed by atoms with van der Waals surface area (Å²) in [6.45, 7) is 3.99. The third-order valence-electron chi connectivity index (χ3n) is 4.82. The number of benzene rings is 2. The summed E-state index contributed by atoms with van der Waals surface area (Å²) in [5.41, 5.74) is 3.89. The highest BCUT2D eigenvalue weighted by Crippen LogP contribution is 2.32. The number of carbonyl (C=O) groups is 1.